The summed E-state index contributed by atoms with van der Waals surface area (Å²) in [5, 5.41) is 21.8. The lowest BCUT2D eigenvalue weighted by atomic mass is 9.90. The molecule has 0 bridgehead atoms. The van der Waals surface area contributed by atoms with Gasteiger partial charge in [-0.05, 0) is 42.0 Å². The quantitative estimate of drug-likeness (QED) is 0.439. The van der Waals surface area contributed by atoms with Gasteiger partial charge in [0.2, 0.25) is 5.91 Å². The number of imide groups is 1. The van der Waals surface area contributed by atoms with E-state index in [9.17, 15) is 19.1 Å². The number of hydrazine groups is 1. The standard InChI is InChI=1S/C27H21FN4O3/c28-21-8-4-5-9-22(21)30-32-23(25(33)18-12-10-17(16-29)11-13-18)15-14-20-24(32)27(35)31(26(20)34)19-6-2-1-3-7-19/h1-15,20,23-25,30,33H. The van der Waals surface area contributed by atoms with Crippen LogP contribution in [-0.2, 0) is 9.59 Å². The number of nitrogens with zero attached hydrogens (tertiary/aromatic N) is 3. The smallest absolute Gasteiger partial charge is 0.254 e. The molecule has 0 aromatic heterocycles. The number of anilines is 2. The van der Waals surface area contributed by atoms with Crippen LogP contribution in [0.2, 0.25) is 0 Å². The van der Waals surface area contributed by atoms with Gasteiger partial charge in [0.15, 0.2) is 0 Å². The molecule has 1 fully saturated rings. The van der Waals surface area contributed by atoms with Crippen molar-refractivity contribution in [3.63, 3.8) is 0 Å². The van der Waals surface area contributed by atoms with E-state index in [1.54, 1.807) is 78.9 Å². The predicted molar refractivity (Wildman–Crippen MR) is 127 cm³/mol. The second kappa shape index (κ2) is 9.14. The molecule has 0 spiro atoms. The largest absolute Gasteiger partial charge is 0.386 e. The average Bonchev–Trinajstić information content (AvgIpc) is 3.15. The van der Waals surface area contributed by atoms with Gasteiger partial charge in [-0.15, -0.1) is 0 Å². The van der Waals surface area contributed by atoms with E-state index in [-0.39, 0.29) is 5.69 Å². The summed E-state index contributed by atoms with van der Waals surface area (Å²) in [5.41, 5.74) is 4.46. The average molecular weight is 468 g/mol. The number of aliphatic hydroxyl groups excluding tert-OH is 1. The van der Waals surface area contributed by atoms with E-state index < -0.39 is 41.7 Å². The molecule has 5 rings (SSSR count). The maximum Gasteiger partial charge on any atom is 0.254 e. The minimum Gasteiger partial charge on any atom is -0.386 e. The Morgan fingerprint density at radius 1 is 0.914 bits per heavy atom. The normalized spacial score (nSPS) is 22.5. The Balaban J connectivity index is 1.55. The van der Waals surface area contributed by atoms with Crippen LogP contribution in [0.1, 0.15) is 17.2 Å². The van der Waals surface area contributed by atoms with Crippen LogP contribution >= 0.6 is 0 Å². The highest BCUT2D eigenvalue weighted by Crippen LogP contribution is 2.38. The van der Waals surface area contributed by atoms with Gasteiger partial charge in [-0.1, -0.05) is 54.6 Å². The SMILES string of the molecule is N#Cc1ccc(C(O)C2C=CC3C(=O)N(c4ccccc4)C(=O)C3N2Nc2ccccc2F)cc1. The van der Waals surface area contributed by atoms with Crippen molar-refractivity contribution in [3.8, 4) is 6.07 Å². The summed E-state index contributed by atoms with van der Waals surface area (Å²) in [6, 6.07) is 21.2. The molecule has 2 aliphatic rings. The lowest BCUT2D eigenvalue weighted by Crippen LogP contribution is -2.55. The van der Waals surface area contributed by atoms with Crippen molar-refractivity contribution in [1.29, 1.82) is 5.26 Å². The Bertz CT molecular complexity index is 1340. The maximum atomic E-state index is 14.6. The second-order valence-corrected chi connectivity index (χ2v) is 8.37. The van der Waals surface area contributed by atoms with Crippen molar-refractivity contribution in [2.45, 2.75) is 18.2 Å². The van der Waals surface area contributed by atoms with Crippen molar-refractivity contribution in [3.05, 3.63) is 108 Å². The van der Waals surface area contributed by atoms with Gasteiger partial charge in [0.05, 0.1) is 41.1 Å². The lowest BCUT2D eigenvalue weighted by Gasteiger charge is -2.40. The van der Waals surface area contributed by atoms with E-state index in [1.165, 1.54) is 17.1 Å². The first-order valence-corrected chi connectivity index (χ1v) is 11.1. The molecule has 2 heterocycles. The van der Waals surface area contributed by atoms with Gasteiger partial charge in [-0.2, -0.15) is 5.26 Å². The van der Waals surface area contributed by atoms with Crippen LogP contribution in [-0.4, -0.2) is 34.0 Å². The predicted octanol–water partition coefficient (Wildman–Crippen LogP) is 3.56. The van der Waals surface area contributed by atoms with Gasteiger partial charge in [0.25, 0.3) is 5.91 Å². The summed E-state index contributed by atoms with van der Waals surface area (Å²) in [7, 11) is 0. The first kappa shape index (κ1) is 22.5. The van der Waals surface area contributed by atoms with Gasteiger partial charge in [-0.3, -0.25) is 9.59 Å². The molecule has 0 saturated carbocycles. The number of carbonyl (C=O) groups is 2. The molecular weight excluding hydrogens is 447 g/mol. The Labute approximate surface area is 201 Å². The molecule has 2 amide bonds. The minimum atomic E-state index is -1.13. The number of fused-ring (bicyclic) bond motifs is 1. The fourth-order valence-electron chi connectivity index (χ4n) is 4.55. The number of para-hydroxylation sites is 2. The Hall–Kier alpha value is -4.32. The van der Waals surface area contributed by atoms with Crippen LogP contribution in [0.25, 0.3) is 0 Å². The van der Waals surface area contributed by atoms with Crippen molar-refractivity contribution in [1.82, 2.24) is 5.01 Å². The molecule has 7 nitrogen and oxygen atoms in total. The monoisotopic (exact) mass is 468 g/mol. The molecule has 3 aromatic rings. The number of nitrogens with one attached hydrogen (secondary N) is 1. The molecule has 0 radical (unpaired) electrons. The number of benzene rings is 3. The summed E-state index contributed by atoms with van der Waals surface area (Å²) >= 11 is 0. The minimum absolute atomic E-state index is 0.108. The highest BCUT2D eigenvalue weighted by molar-refractivity contribution is 6.24. The van der Waals surface area contributed by atoms with Gasteiger partial charge in [0, 0.05) is 0 Å². The zero-order chi connectivity index (χ0) is 24.5. The van der Waals surface area contributed by atoms with Crippen molar-refractivity contribution >= 4 is 23.2 Å². The van der Waals surface area contributed by atoms with Crippen LogP contribution in [0.5, 0.6) is 0 Å². The number of halogens is 1. The molecule has 4 atom stereocenters. The zero-order valence-corrected chi connectivity index (χ0v) is 18.5. The van der Waals surface area contributed by atoms with Gasteiger partial charge in [0.1, 0.15) is 11.9 Å². The van der Waals surface area contributed by atoms with E-state index in [0.717, 1.165) is 4.90 Å². The molecule has 1 saturated heterocycles. The maximum absolute atomic E-state index is 14.6. The number of amides is 2. The van der Waals surface area contributed by atoms with Gasteiger partial charge < -0.3 is 10.5 Å². The number of rotatable bonds is 5. The van der Waals surface area contributed by atoms with E-state index in [2.05, 4.69) is 5.43 Å². The number of nitriles is 1. The first-order valence-electron chi connectivity index (χ1n) is 11.1. The lowest BCUT2D eigenvalue weighted by molar-refractivity contribution is -0.123. The van der Waals surface area contributed by atoms with E-state index in [1.807, 2.05) is 6.07 Å². The summed E-state index contributed by atoms with van der Waals surface area (Å²) in [5.74, 6) is -2.22. The topological polar surface area (TPSA) is 96.7 Å². The van der Waals surface area contributed by atoms with Crippen LogP contribution in [0.15, 0.2) is 91.0 Å². The van der Waals surface area contributed by atoms with Gasteiger partial charge >= 0.3 is 0 Å². The molecule has 35 heavy (non-hydrogen) atoms. The fourth-order valence-corrected chi connectivity index (χ4v) is 4.55. The Kier molecular flexibility index (Phi) is 5.87. The summed E-state index contributed by atoms with van der Waals surface area (Å²) in [4.78, 5) is 28.0. The third-order valence-corrected chi connectivity index (χ3v) is 6.30. The fraction of sp³-hybridized carbons (Fsp3) is 0.148. The number of aliphatic hydroxyl groups is 1. The van der Waals surface area contributed by atoms with Crippen molar-refractivity contribution < 1.29 is 19.1 Å². The second-order valence-electron chi connectivity index (χ2n) is 8.37. The molecular formula is C27H21FN4O3. The third-order valence-electron chi connectivity index (χ3n) is 6.30. The summed E-state index contributed by atoms with van der Waals surface area (Å²) < 4.78 is 14.6. The van der Waals surface area contributed by atoms with Crippen LogP contribution < -0.4 is 10.3 Å². The number of carbonyl (C=O) groups excluding carboxylic acids is 2. The number of hydrogen-bond donors (Lipinski definition) is 2. The van der Waals surface area contributed by atoms with E-state index in [0.29, 0.717) is 16.8 Å². The van der Waals surface area contributed by atoms with Crippen molar-refractivity contribution in [2.75, 3.05) is 10.3 Å². The molecule has 174 valence electrons. The Morgan fingerprint density at radius 2 is 1.60 bits per heavy atom. The van der Waals surface area contributed by atoms with Crippen LogP contribution in [0.3, 0.4) is 0 Å². The molecule has 2 N–H and O–H groups in total. The van der Waals surface area contributed by atoms with Crippen molar-refractivity contribution in [2.24, 2.45) is 5.92 Å². The molecule has 3 aromatic carbocycles. The molecule has 8 heteroatoms. The van der Waals surface area contributed by atoms with Crippen LogP contribution in [0, 0.1) is 23.1 Å². The summed E-state index contributed by atoms with van der Waals surface area (Å²) in [6.45, 7) is 0. The molecule has 4 unspecified atom stereocenters. The number of hydrogen-bond acceptors (Lipinski definition) is 6. The van der Waals surface area contributed by atoms with E-state index >= 15 is 0 Å². The first-order chi connectivity index (χ1) is 17.0. The highest BCUT2D eigenvalue weighted by atomic mass is 19.1. The highest BCUT2D eigenvalue weighted by Gasteiger charge is 2.54. The molecule has 2 aliphatic heterocycles. The van der Waals surface area contributed by atoms with Gasteiger partial charge in [-0.25, -0.2) is 14.3 Å². The zero-order valence-electron chi connectivity index (χ0n) is 18.5. The third kappa shape index (κ3) is 3.97. The van der Waals surface area contributed by atoms with E-state index in [4.69, 9.17) is 5.26 Å². The van der Waals surface area contributed by atoms with Crippen LogP contribution in [0.4, 0.5) is 15.8 Å². The molecule has 0 aliphatic carbocycles. The Morgan fingerprint density at radius 3 is 2.29 bits per heavy atom. The summed E-state index contributed by atoms with van der Waals surface area (Å²) in [6.07, 6.45) is 2.15.